The van der Waals surface area contributed by atoms with Crippen molar-refractivity contribution in [3.63, 3.8) is 0 Å². The van der Waals surface area contributed by atoms with E-state index in [1.165, 1.54) is 16.0 Å². The normalized spacial score (nSPS) is 15.3. The summed E-state index contributed by atoms with van der Waals surface area (Å²) in [5.74, 6) is -0.125. The molecule has 2 heterocycles. The Hall–Kier alpha value is -3.44. The minimum atomic E-state index is -0.125. The number of rotatable bonds is 5. The molecule has 1 aliphatic rings. The van der Waals surface area contributed by atoms with E-state index in [0.29, 0.717) is 12.1 Å². The van der Waals surface area contributed by atoms with Crippen molar-refractivity contribution in [2.75, 3.05) is 13.1 Å². The molecule has 2 amide bonds. The van der Waals surface area contributed by atoms with Crippen molar-refractivity contribution >= 4 is 33.9 Å². The maximum atomic E-state index is 13.8. The van der Waals surface area contributed by atoms with Crippen LogP contribution in [-0.2, 0) is 11.2 Å². The molecule has 4 nitrogen and oxygen atoms in total. The fraction of sp³-hybridized carbons (Fsp3) is 0.267. The summed E-state index contributed by atoms with van der Waals surface area (Å²) in [7, 11) is 0. The number of hydrogen-bond acceptors (Lipinski definition) is 3. The lowest BCUT2D eigenvalue weighted by atomic mass is 9.92. The number of carbonyl (C=O) groups excluding carboxylic acids is 2. The summed E-state index contributed by atoms with van der Waals surface area (Å²) in [6.45, 7) is 6.73. The fourth-order valence-electron chi connectivity index (χ4n) is 4.99. The van der Waals surface area contributed by atoms with Crippen molar-refractivity contribution < 1.29 is 9.59 Å². The predicted octanol–water partition coefficient (Wildman–Crippen LogP) is 6.23. The average Bonchev–Trinajstić information content (AvgIpc) is 3.35. The predicted molar refractivity (Wildman–Crippen MR) is 143 cm³/mol. The molecule has 0 unspecified atom stereocenters. The van der Waals surface area contributed by atoms with Crippen molar-refractivity contribution in [2.45, 2.75) is 39.3 Å². The summed E-state index contributed by atoms with van der Waals surface area (Å²) in [6, 6.07) is 24.0. The van der Waals surface area contributed by atoms with Crippen molar-refractivity contribution in [3.05, 3.63) is 105 Å². The molecule has 0 fully saturated rings. The zero-order valence-corrected chi connectivity index (χ0v) is 21.2. The molecule has 0 spiro atoms. The van der Waals surface area contributed by atoms with Gasteiger partial charge in [-0.05, 0) is 66.6 Å². The van der Waals surface area contributed by atoms with Gasteiger partial charge in [0.15, 0.2) is 0 Å². The summed E-state index contributed by atoms with van der Waals surface area (Å²) >= 11 is 1.76. The van der Waals surface area contributed by atoms with Crippen LogP contribution in [0.4, 0.5) is 0 Å². The first-order valence-corrected chi connectivity index (χ1v) is 13.0. The van der Waals surface area contributed by atoms with Crippen LogP contribution < -0.4 is 0 Å². The smallest absolute Gasteiger partial charge is 0.255 e. The Morgan fingerprint density at radius 2 is 1.74 bits per heavy atom. The molecule has 1 atom stereocenters. The molecule has 0 aliphatic carbocycles. The zero-order valence-electron chi connectivity index (χ0n) is 20.4. The van der Waals surface area contributed by atoms with Gasteiger partial charge in [-0.2, -0.15) is 0 Å². The Bertz CT molecular complexity index is 1370. The highest BCUT2D eigenvalue weighted by molar-refractivity contribution is 7.10. The van der Waals surface area contributed by atoms with E-state index in [2.05, 4.69) is 42.6 Å². The van der Waals surface area contributed by atoms with Gasteiger partial charge in [-0.3, -0.25) is 9.59 Å². The SMILES string of the molecule is Cc1ccc([C@H]2c3ccsc3CCN2C(=O)CN(C(=O)c2cccc3ccccc23)C(C)C)cc1. The number of amides is 2. The first-order valence-electron chi connectivity index (χ1n) is 12.1. The Labute approximate surface area is 210 Å². The number of nitrogens with zero attached hydrogens (tertiary/aromatic N) is 2. The van der Waals surface area contributed by atoms with Gasteiger partial charge in [0.1, 0.15) is 6.54 Å². The van der Waals surface area contributed by atoms with Gasteiger partial charge in [0.2, 0.25) is 5.91 Å². The molecule has 3 aromatic carbocycles. The molecule has 0 N–H and O–H groups in total. The van der Waals surface area contributed by atoms with Crippen molar-refractivity contribution in [1.82, 2.24) is 9.80 Å². The summed E-state index contributed by atoms with van der Waals surface area (Å²) < 4.78 is 0. The first-order chi connectivity index (χ1) is 16.9. The van der Waals surface area contributed by atoms with Crippen LogP contribution in [0.2, 0.25) is 0 Å². The molecule has 1 aromatic heterocycles. The summed E-state index contributed by atoms with van der Waals surface area (Å²) in [5, 5.41) is 4.05. The quantitative estimate of drug-likeness (QED) is 0.338. The lowest BCUT2D eigenvalue weighted by Crippen LogP contribution is -2.48. The van der Waals surface area contributed by atoms with E-state index >= 15 is 0 Å². The maximum absolute atomic E-state index is 13.8. The minimum absolute atomic E-state index is 0.0188. The zero-order chi connectivity index (χ0) is 24.5. The molecule has 5 rings (SSSR count). The maximum Gasteiger partial charge on any atom is 0.255 e. The van der Waals surface area contributed by atoms with Crippen molar-refractivity contribution in [1.29, 1.82) is 0 Å². The standard InChI is InChI=1S/C30H30N2O2S/c1-20(2)32(30(34)25-10-6-8-22-7-4-5-9-24(22)25)19-28(33)31-17-15-27-26(16-18-35-27)29(31)23-13-11-21(3)12-14-23/h4-14,16,18,20,29H,15,17,19H2,1-3H3/t29-/m0/s1. The van der Waals surface area contributed by atoms with E-state index in [1.807, 2.05) is 61.2 Å². The molecule has 0 bridgehead atoms. The molecule has 0 saturated heterocycles. The third-order valence-electron chi connectivity index (χ3n) is 6.89. The lowest BCUT2D eigenvalue weighted by Gasteiger charge is -2.38. The third-order valence-corrected chi connectivity index (χ3v) is 7.89. The monoisotopic (exact) mass is 482 g/mol. The van der Waals surface area contributed by atoms with Crippen LogP contribution in [0.15, 0.2) is 78.2 Å². The highest BCUT2D eigenvalue weighted by atomic mass is 32.1. The van der Waals surface area contributed by atoms with Crippen LogP contribution in [-0.4, -0.2) is 40.7 Å². The van der Waals surface area contributed by atoms with Gasteiger partial charge in [-0.25, -0.2) is 0 Å². The van der Waals surface area contributed by atoms with Crippen LogP contribution in [0.3, 0.4) is 0 Å². The van der Waals surface area contributed by atoms with Crippen molar-refractivity contribution in [2.24, 2.45) is 0 Å². The van der Waals surface area contributed by atoms with Crippen LogP contribution in [0.25, 0.3) is 10.8 Å². The van der Waals surface area contributed by atoms with Crippen LogP contribution >= 0.6 is 11.3 Å². The Morgan fingerprint density at radius 3 is 2.51 bits per heavy atom. The molecular formula is C30H30N2O2S. The van der Waals surface area contributed by atoms with E-state index in [0.717, 1.165) is 22.8 Å². The van der Waals surface area contributed by atoms with E-state index in [1.54, 1.807) is 16.2 Å². The third kappa shape index (κ3) is 4.48. The molecule has 178 valence electrons. The van der Waals surface area contributed by atoms with E-state index in [-0.39, 0.29) is 30.4 Å². The lowest BCUT2D eigenvalue weighted by molar-refractivity contribution is -0.134. The van der Waals surface area contributed by atoms with E-state index in [9.17, 15) is 9.59 Å². The molecule has 35 heavy (non-hydrogen) atoms. The van der Waals surface area contributed by atoms with Gasteiger partial charge in [0.05, 0.1) is 6.04 Å². The molecule has 0 saturated carbocycles. The number of fused-ring (bicyclic) bond motifs is 2. The molecular weight excluding hydrogens is 452 g/mol. The number of thiophene rings is 1. The number of carbonyl (C=O) groups is 2. The second-order valence-electron chi connectivity index (χ2n) is 9.50. The average molecular weight is 483 g/mol. The fourth-order valence-corrected chi connectivity index (χ4v) is 5.89. The first kappa shape index (κ1) is 23.3. The molecule has 5 heteroatoms. The number of benzene rings is 3. The second kappa shape index (κ2) is 9.67. The minimum Gasteiger partial charge on any atom is -0.330 e. The van der Waals surface area contributed by atoms with Crippen LogP contribution in [0.1, 0.15) is 51.8 Å². The molecule has 1 aliphatic heterocycles. The van der Waals surface area contributed by atoms with Crippen molar-refractivity contribution in [3.8, 4) is 0 Å². The summed E-state index contributed by atoms with van der Waals surface area (Å²) in [5.41, 5.74) is 4.15. The molecule has 0 radical (unpaired) electrons. The van der Waals surface area contributed by atoms with E-state index in [4.69, 9.17) is 0 Å². The van der Waals surface area contributed by atoms with Gasteiger partial charge in [0.25, 0.3) is 5.91 Å². The number of hydrogen-bond donors (Lipinski definition) is 0. The largest absolute Gasteiger partial charge is 0.330 e. The second-order valence-corrected chi connectivity index (χ2v) is 10.5. The Balaban J connectivity index is 1.46. The highest BCUT2D eigenvalue weighted by Crippen LogP contribution is 2.38. The van der Waals surface area contributed by atoms with Crippen LogP contribution in [0.5, 0.6) is 0 Å². The Morgan fingerprint density at radius 1 is 1.00 bits per heavy atom. The van der Waals surface area contributed by atoms with Gasteiger partial charge >= 0.3 is 0 Å². The summed E-state index contributed by atoms with van der Waals surface area (Å²) in [4.78, 5) is 32.6. The van der Waals surface area contributed by atoms with Gasteiger partial charge < -0.3 is 9.80 Å². The Kier molecular flexibility index (Phi) is 6.44. The number of aryl methyl sites for hydroxylation is 1. The van der Waals surface area contributed by atoms with E-state index < -0.39 is 0 Å². The molecule has 4 aromatic rings. The highest BCUT2D eigenvalue weighted by Gasteiger charge is 2.34. The topological polar surface area (TPSA) is 40.6 Å². The van der Waals surface area contributed by atoms with Gasteiger partial charge in [0, 0.05) is 23.0 Å². The van der Waals surface area contributed by atoms with Crippen LogP contribution in [0, 0.1) is 6.92 Å². The van der Waals surface area contributed by atoms with Gasteiger partial charge in [-0.1, -0.05) is 66.2 Å². The van der Waals surface area contributed by atoms with Gasteiger partial charge in [-0.15, -0.1) is 11.3 Å². The summed E-state index contributed by atoms with van der Waals surface area (Å²) in [6.07, 6.45) is 0.847.